The topological polar surface area (TPSA) is 18.5 Å². The minimum absolute atomic E-state index is 0.306. The Morgan fingerprint density at radius 1 is 1.19 bits per heavy atom. The summed E-state index contributed by atoms with van der Waals surface area (Å²) in [6, 6.07) is 9.39. The van der Waals surface area contributed by atoms with Crippen molar-refractivity contribution in [2.24, 2.45) is 5.41 Å². The third kappa shape index (κ3) is 4.21. The SMILES string of the molecule is CNC(C)C(C)(C)CN1CCN(c2cccc(C)c2)CC1. The van der Waals surface area contributed by atoms with Crippen LogP contribution in [0.15, 0.2) is 24.3 Å². The molecule has 0 radical (unpaired) electrons. The van der Waals surface area contributed by atoms with Crippen molar-refractivity contribution in [2.75, 3.05) is 44.7 Å². The molecule has 1 aromatic rings. The van der Waals surface area contributed by atoms with Crippen LogP contribution in [0.5, 0.6) is 0 Å². The zero-order chi connectivity index (χ0) is 15.5. The second-order valence-corrected chi connectivity index (χ2v) is 7.10. The van der Waals surface area contributed by atoms with Crippen molar-refractivity contribution in [1.29, 1.82) is 0 Å². The highest BCUT2D eigenvalue weighted by molar-refractivity contribution is 5.48. The van der Waals surface area contributed by atoms with Gasteiger partial charge in [-0.2, -0.15) is 0 Å². The molecular weight excluding hydrogens is 258 g/mol. The van der Waals surface area contributed by atoms with Crippen LogP contribution in [0.1, 0.15) is 26.3 Å². The molecule has 0 bridgehead atoms. The van der Waals surface area contributed by atoms with Gasteiger partial charge in [-0.25, -0.2) is 0 Å². The number of piperazine rings is 1. The molecule has 1 atom stereocenters. The lowest BCUT2D eigenvalue weighted by atomic mass is 9.84. The summed E-state index contributed by atoms with van der Waals surface area (Å²) in [6.07, 6.45) is 0. The summed E-state index contributed by atoms with van der Waals surface area (Å²) in [4.78, 5) is 5.12. The summed E-state index contributed by atoms with van der Waals surface area (Å²) in [7, 11) is 2.06. The lowest BCUT2D eigenvalue weighted by Gasteiger charge is -2.41. The third-order valence-corrected chi connectivity index (χ3v) is 4.98. The fourth-order valence-electron chi connectivity index (χ4n) is 3.09. The third-order valence-electron chi connectivity index (χ3n) is 4.98. The van der Waals surface area contributed by atoms with E-state index in [0.29, 0.717) is 11.5 Å². The van der Waals surface area contributed by atoms with Crippen molar-refractivity contribution >= 4 is 5.69 Å². The van der Waals surface area contributed by atoms with E-state index in [0.717, 1.165) is 32.7 Å². The van der Waals surface area contributed by atoms with E-state index < -0.39 is 0 Å². The van der Waals surface area contributed by atoms with Gasteiger partial charge < -0.3 is 10.2 Å². The number of anilines is 1. The van der Waals surface area contributed by atoms with E-state index >= 15 is 0 Å². The molecule has 0 spiro atoms. The van der Waals surface area contributed by atoms with Gasteiger partial charge >= 0.3 is 0 Å². The minimum Gasteiger partial charge on any atom is -0.369 e. The Morgan fingerprint density at radius 3 is 2.43 bits per heavy atom. The standard InChI is InChI=1S/C18H31N3/c1-15-7-6-8-17(13-15)21-11-9-20(10-12-21)14-18(3,4)16(2)19-5/h6-8,13,16,19H,9-12,14H2,1-5H3. The number of nitrogens with zero attached hydrogens (tertiary/aromatic N) is 2. The normalized spacial score (nSPS) is 18.8. The van der Waals surface area contributed by atoms with Gasteiger partial charge in [-0.3, -0.25) is 4.90 Å². The minimum atomic E-state index is 0.306. The molecule has 21 heavy (non-hydrogen) atoms. The van der Waals surface area contributed by atoms with Gasteiger partial charge in [0, 0.05) is 44.5 Å². The number of hydrogen-bond donors (Lipinski definition) is 1. The summed E-state index contributed by atoms with van der Waals surface area (Å²) in [5.41, 5.74) is 3.02. The molecule has 1 aromatic carbocycles. The van der Waals surface area contributed by atoms with Gasteiger partial charge in [0.1, 0.15) is 0 Å². The number of hydrogen-bond acceptors (Lipinski definition) is 3. The van der Waals surface area contributed by atoms with Crippen molar-refractivity contribution in [2.45, 2.75) is 33.7 Å². The Kier molecular flexibility index (Phi) is 5.28. The molecule has 1 unspecified atom stereocenters. The first kappa shape index (κ1) is 16.3. The molecule has 1 saturated heterocycles. The molecule has 0 amide bonds. The van der Waals surface area contributed by atoms with E-state index in [9.17, 15) is 0 Å². The Balaban J connectivity index is 1.89. The first-order valence-corrected chi connectivity index (χ1v) is 8.13. The van der Waals surface area contributed by atoms with Gasteiger partial charge in [0.15, 0.2) is 0 Å². The maximum Gasteiger partial charge on any atom is 0.0369 e. The van der Waals surface area contributed by atoms with Gasteiger partial charge in [-0.15, -0.1) is 0 Å². The fourth-order valence-corrected chi connectivity index (χ4v) is 3.09. The van der Waals surface area contributed by atoms with Crippen molar-refractivity contribution in [3.05, 3.63) is 29.8 Å². The molecule has 1 aliphatic heterocycles. The quantitative estimate of drug-likeness (QED) is 0.899. The Hall–Kier alpha value is -1.06. The van der Waals surface area contributed by atoms with E-state index in [1.165, 1.54) is 11.3 Å². The number of aryl methyl sites for hydroxylation is 1. The highest BCUT2D eigenvalue weighted by Gasteiger charge is 2.29. The first-order valence-electron chi connectivity index (χ1n) is 8.13. The average molecular weight is 289 g/mol. The Morgan fingerprint density at radius 2 is 1.86 bits per heavy atom. The zero-order valence-corrected chi connectivity index (χ0v) is 14.3. The van der Waals surface area contributed by atoms with Crippen LogP contribution in [0.3, 0.4) is 0 Å². The molecule has 118 valence electrons. The second-order valence-electron chi connectivity index (χ2n) is 7.10. The molecule has 0 aliphatic carbocycles. The molecule has 3 heteroatoms. The van der Waals surface area contributed by atoms with E-state index in [-0.39, 0.29) is 0 Å². The number of nitrogens with one attached hydrogen (secondary N) is 1. The Labute approximate surface area is 130 Å². The van der Waals surface area contributed by atoms with Gasteiger partial charge in [0.05, 0.1) is 0 Å². The molecule has 1 aliphatic rings. The summed E-state index contributed by atoms with van der Waals surface area (Å²) in [6.45, 7) is 14.9. The summed E-state index contributed by atoms with van der Waals surface area (Å²) in [5.74, 6) is 0. The monoisotopic (exact) mass is 289 g/mol. The summed E-state index contributed by atoms with van der Waals surface area (Å²) in [5, 5.41) is 3.40. The van der Waals surface area contributed by atoms with Crippen LogP contribution in [-0.2, 0) is 0 Å². The molecular formula is C18H31N3. The fraction of sp³-hybridized carbons (Fsp3) is 0.667. The lowest BCUT2D eigenvalue weighted by Crippen LogP contribution is -2.52. The van der Waals surface area contributed by atoms with Crippen molar-refractivity contribution in [1.82, 2.24) is 10.2 Å². The van der Waals surface area contributed by atoms with Crippen LogP contribution in [-0.4, -0.2) is 50.7 Å². The van der Waals surface area contributed by atoms with Crippen LogP contribution in [0, 0.1) is 12.3 Å². The van der Waals surface area contributed by atoms with Crippen molar-refractivity contribution in [3.63, 3.8) is 0 Å². The predicted octanol–water partition coefficient (Wildman–Crippen LogP) is 2.75. The van der Waals surface area contributed by atoms with Gasteiger partial charge in [0.25, 0.3) is 0 Å². The van der Waals surface area contributed by atoms with Crippen molar-refractivity contribution in [3.8, 4) is 0 Å². The van der Waals surface area contributed by atoms with E-state index in [4.69, 9.17) is 0 Å². The summed E-state index contributed by atoms with van der Waals surface area (Å²) < 4.78 is 0. The van der Waals surface area contributed by atoms with E-state index in [1.807, 2.05) is 0 Å². The maximum atomic E-state index is 3.40. The summed E-state index contributed by atoms with van der Waals surface area (Å²) >= 11 is 0. The van der Waals surface area contributed by atoms with Crippen molar-refractivity contribution < 1.29 is 0 Å². The second kappa shape index (κ2) is 6.80. The molecule has 0 saturated carbocycles. The van der Waals surface area contributed by atoms with E-state index in [1.54, 1.807) is 0 Å². The van der Waals surface area contributed by atoms with Crippen LogP contribution in [0.2, 0.25) is 0 Å². The molecule has 0 aromatic heterocycles. The van der Waals surface area contributed by atoms with Crippen LogP contribution < -0.4 is 10.2 Å². The maximum absolute atomic E-state index is 3.40. The van der Waals surface area contributed by atoms with Gasteiger partial charge in [0.2, 0.25) is 0 Å². The van der Waals surface area contributed by atoms with Gasteiger partial charge in [-0.1, -0.05) is 26.0 Å². The number of rotatable bonds is 5. The largest absolute Gasteiger partial charge is 0.369 e. The van der Waals surface area contributed by atoms with Crippen LogP contribution in [0.4, 0.5) is 5.69 Å². The smallest absolute Gasteiger partial charge is 0.0369 e. The number of benzene rings is 1. The molecule has 1 heterocycles. The molecule has 3 nitrogen and oxygen atoms in total. The average Bonchev–Trinajstić information content (AvgIpc) is 2.46. The molecule has 1 N–H and O–H groups in total. The van der Waals surface area contributed by atoms with E-state index in [2.05, 4.69) is 74.1 Å². The predicted molar refractivity (Wildman–Crippen MR) is 92.1 cm³/mol. The Bertz CT molecular complexity index is 448. The van der Waals surface area contributed by atoms with Gasteiger partial charge in [-0.05, 0) is 44.0 Å². The lowest BCUT2D eigenvalue weighted by molar-refractivity contribution is 0.140. The molecule has 1 fully saturated rings. The van der Waals surface area contributed by atoms with Crippen LogP contribution >= 0.6 is 0 Å². The first-order chi connectivity index (χ1) is 9.92. The highest BCUT2D eigenvalue weighted by atomic mass is 15.3. The highest BCUT2D eigenvalue weighted by Crippen LogP contribution is 2.24. The zero-order valence-electron chi connectivity index (χ0n) is 14.3. The van der Waals surface area contributed by atoms with Crippen LogP contribution in [0.25, 0.3) is 0 Å². The molecule has 2 rings (SSSR count).